The molecule has 0 spiro atoms. The van der Waals surface area contributed by atoms with Gasteiger partial charge in [-0.3, -0.25) is 0 Å². The zero-order chi connectivity index (χ0) is 13.8. The molecule has 0 aliphatic heterocycles. The highest BCUT2D eigenvalue weighted by atomic mass is 32.1. The number of benzene rings is 1. The zero-order valence-corrected chi connectivity index (χ0v) is 11.7. The van der Waals surface area contributed by atoms with Crippen LogP contribution in [0.15, 0.2) is 30.5 Å². The van der Waals surface area contributed by atoms with Gasteiger partial charge < -0.3 is 10.4 Å². The van der Waals surface area contributed by atoms with Crippen molar-refractivity contribution in [2.75, 3.05) is 0 Å². The predicted octanol–water partition coefficient (Wildman–Crippen LogP) is 3.00. The lowest BCUT2D eigenvalue weighted by Gasteiger charge is -2.12. The van der Waals surface area contributed by atoms with E-state index in [0.29, 0.717) is 12.1 Å². The van der Waals surface area contributed by atoms with Crippen molar-refractivity contribution in [2.24, 2.45) is 0 Å². The molecular weight excluding hydrogens is 260 g/mol. The molecule has 0 saturated heterocycles. The summed E-state index contributed by atoms with van der Waals surface area (Å²) in [6, 6.07) is 7.15. The summed E-state index contributed by atoms with van der Waals surface area (Å²) in [7, 11) is 0. The molecule has 1 heterocycles. The molecule has 0 radical (unpaired) electrons. The molecule has 0 aliphatic rings. The van der Waals surface area contributed by atoms with Gasteiger partial charge in [0.25, 0.3) is 0 Å². The number of aromatic carboxylic acids is 1. The third kappa shape index (κ3) is 3.39. The van der Waals surface area contributed by atoms with Crippen LogP contribution in [0.4, 0.5) is 0 Å². The molecule has 5 heteroatoms. The first-order valence-electron chi connectivity index (χ1n) is 6.05. The summed E-state index contributed by atoms with van der Waals surface area (Å²) < 4.78 is 0. The smallest absolute Gasteiger partial charge is 0.336 e. The SMILES string of the molecule is Cc1cnc(C(C)NCc2ccccc2C(=O)O)s1. The van der Waals surface area contributed by atoms with Crippen LogP contribution in [0.3, 0.4) is 0 Å². The second-order valence-corrected chi connectivity index (χ2v) is 5.64. The van der Waals surface area contributed by atoms with Crippen molar-refractivity contribution in [2.45, 2.75) is 26.4 Å². The average molecular weight is 276 g/mol. The summed E-state index contributed by atoms with van der Waals surface area (Å²) in [5.74, 6) is -0.893. The van der Waals surface area contributed by atoms with Gasteiger partial charge in [-0.15, -0.1) is 11.3 Å². The lowest BCUT2D eigenvalue weighted by Crippen LogP contribution is -2.19. The monoisotopic (exact) mass is 276 g/mol. The molecule has 1 aromatic heterocycles. The fraction of sp³-hybridized carbons (Fsp3) is 0.286. The van der Waals surface area contributed by atoms with Crippen LogP contribution >= 0.6 is 11.3 Å². The quantitative estimate of drug-likeness (QED) is 0.881. The Bertz CT molecular complexity index is 580. The second-order valence-electron chi connectivity index (χ2n) is 4.37. The van der Waals surface area contributed by atoms with Crippen LogP contribution in [0, 0.1) is 6.92 Å². The molecule has 19 heavy (non-hydrogen) atoms. The van der Waals surface area contributed by atoms with Crippen molar-refractivity contribution < 1.29 is 9.90 Å². The van der Waals surface area contributed by atoms with E-state index in [-0.39, 0.29) is 6.04 Å². The summed E-state index contributed by atoms with van der Waals surface area (Å²) in [5.41, 5.74) is 1.13. The molecule has 1 aromatic carbocycles. The Balaban J connectivity index is 2.05. The van der Waals surface area contributed by atoms with Crippen molar-refractivity contribution in [3.8, 4) is 0 Å². The number of rotatable bonds is 5. The molecule has 1 atom stereocenters. The topological polar surface area (TPSA) is 62.2 Å². The fourth-order valence-electron chi connectivity index (χ4n) is 1.81. The maximum atomic E-state index is 11.1. The largest absolute Gasteiger partial charge is 0.478 e. The van der Waals surface area contributed by atoms with E-state index in [2.05, 4.69) is 10.3 Å². The third-order valence-electron chi connectivity index (χ3n) is 2.86. The molecule has 0 aliphatic carbocycles. The summed E-state index contributed by atoms with van der Waals surface area (Å²) >= 11 is 1.65. The van der Waals surface area contributed by atoms with Crippen LogP contribution in [0.2, 0.25) is 0 Å². The van der Waals surface area contributed by atoms with E-state index in [1.165, 1.54) is 4.88 Å². The minimum atomic E-state index is -0.893. The van der Waals surface area contributed by atoms with Gasteiger partial charge in [-0.1, -0.05) is 18.2 Å². The summed E-state index contributed by atoms with van der Waals surface area (Å²) in [4.78, 5) is 16.6. The van der Waals surface area contributed by atoms with Gasteiger partial charge in [0.15, 0.2) is 0 Å². The Hall–Kier alpha value is -1.72. The zero-order valence-electron chi connectivity index (χ0n) is 10.9. The van der Waals surface area contributed by atoms with E-state index in [9.17, 15) is 4.79 Å². The number of carboxylic acids is 1. The first-order valence-corrected chi connectivity index (χ1v) is 6.86. The van der Waals surface area contributed by atoms with Gasteiger partial charge in [-0.05, 0) is 25.5 Å². The minimum Gasteiger partial charge on any atom is -0.478 e. The summed E-state index contributed by atoms with van der Waals surface area (Å²) in [6.07, 6.45) is 1.85. The van der Waals surface area contributed by atoms with E-state index >= 15 is 0 Å². The maximum absolute atomic E-state index is 11.1. The van der Waals surface area contributed by atoms with Crippen LogP contribution in [0.5, 0.6) is 0 Å². The lowest BCUT2D eigenvalue weighted by molar-refractivity contribution is 0.0695. The highest BCUT2D eigenvalue weighted by Gasteiger charge is 2.12. The van der Waals surface area contributed by atoms with Crippen LogP contribution in [0.1, 0.15) is 38.8 Å². The summed E-state index contributed by atoms with van der Waals surface area (Å²) in [5, 5.41) is 13.4. The molecule has 2 rings (SSSR count). The number of carbonyl (C=O) groups is 1. The van der Waals surface area contributed by atoms with Gasteiger partial charge >= 0.3 is 5.97 Å². The van der Waals surface area contributed by atoms with Gasteiger partial charge in [0.05, 0.1) is 11.6 Å². The molecule has 2 N–H and O–H groups in total. The molecule has 100 valence electrons. The number of aromatic nitrogens is 1. The van der Waals surface area contributed by atoms with Gasteiger partial charge in [0.2, 0.25) is 0 Å². The lowest BCUT2D eigenvalue weighted by atomic mass is 10.1. The van der Waals surface area contributed by atoms with Crippen molar-refractivity contribution in [1.82, 2.24) is 10.3 Å². The first kappa shape index (κ1) is 13.7. The number of aryl methyl sites for hydroxylation is 1. The number of nitrogens with one attached hydrogen (secondary N) is 1. The molecular formula is C14H16N2O2S. The number of hydrogen-bond acceptors (Lipinski definition) is 4. The highest BCUT2D eigenvalue weighted by molar-refractivity contribution is 7.11. The number of thiazole rings is 1. The molecule has 2 aromatic rings. The van der Waals surface area contributed by atoms with E-state index in [0.717, 1.165) is 10.6 Å². The van der Waals surface area contributed by atoms with Crippen molar-refractivity contribution >= 4 is 17.3 Å². The van der Waals surface area contributed by atoms with E-state index < -0.39 is 5.97 Å². The second kappa shape index (κ2) is 5.95. The average Bonchev–Trinajstić information content (AvgIpc) is 2.83. The van der Waals surface area contributed by atoms with Crippen molar-refractivity contribution in [3.63, 3.8) is 0 Å². The molecule has 0 bridgehead atoms. The maximum Gasteiger partial charge on any atom is 0.336 e. The van der Waals surface area contributed by atoms with Gasteiger partial charge in [0, 0.05) is 17.6 Å². The van der Waals surface area contributed by atoms with Gasteiger partial charge in [0.1, 0.15) is 5.01 Å². The van der Waals surface area contributed by atoms with E-state index in [4.69, 9.17) is 5.11 Å². The molecule has 0 saturated carbocycles. The normalized spacial score (nSPS) is 12.3. The van der Waals surface area contributed by atoms with Gasteiger partial charge in [-0.25, -0.2) is 9.78 Å². The Morgan fingerprint density at radius 2 is 2.21 bits per heavy atom. The number of carboxylic acid groups (broad SMARTS) is 1. The molecule has 4 nitrogen and oxygen atoms in total. The first-order chi connectivity index (χ1) is 9.08. The van der Waals surface area contributed by atoms with Crippen LogP contribution in [0.25, 0.3) is 0 Å². The van der Waals surface area contributed by atoms with Crippen LogP contribution in [-0.4, -0.2) is 16.1 Å². The van der Waals surface area contributed by atoms with E-state index in [1.54, 1.807) is 23.5 Å². The predicted molar refractivity (Wildman–Crippen MR) is 75.5 cm³/mol. The van der Waals surface area contributed by atoms with Crippen LogP contribution < -0.4 is 5.32 Å². The summed E-state index contributed by atoms with van der Waals surface area (Å²) in [6.45, 7) is 4.57. The highest BCUT2D eigenvalue weighted by Crippen LogP contribution is 2.19. The molecule has 0 amide bonds. The molecule has 0 fully saturated rings. The Morgan fingerprint density at radius 1 is 1.47 bits per heavy atom. The van der Waals surface area contributed by atoms with Crippen LogP contribution in [-0.2, 0) is 6.54 Å². The number of hydrogen-bond donors (Lipinski definition) is 2. The fourth-order valence-corrected chi connectivity index (χ4v) is 2.61. The minimum absolute atomic E-state index is 0.112. The Labute approximate surface area is 116 Å². The van der Waals surface area contributed by atoms with Gasteiger partial charge in [-0.2, -0.15) is 0 Å². The third-order valence-corrected chi connectivity index (χ3v) is 3.95. The Morgan fingerprint density at radius 3 is 2.84 bits per heavy atom. The van der Waals surface area contributed by atoms with E-state index in [1.807, 2.05) is 32.2 Å². The molecule has 1 unspecified atom stereocenters. The Kier molecular flexibility index (Phi) is 4.29. The van der Waals surface area contributed by atoms with Crippen molar-refractivity contribution in [1.29, 1.82) is 0 Å². The van der Waals surface area contributed by atoms with Crippen molar-refractivity contribution in [3.05, 3.63) is 51.5 Å². The standard InChI is InChI=1S/C14H16N2O2S/c1-9-7-16-13(19-9)10(2)15-8-11-5-3-4-6-12(11)14(17)18/h3-7,10,15H,8H2,1-2H3,(H,17,18). The number of nitrogens with zero attached hydrogens (tertiary/aromatic N) is 1.